The average molecular weight is 435 g/mol. The third-order valence-electron chi connectivity index (χ3n) is 4.51. The largest absolute Gasteiger partial charge is 0.315 e. The average Bonchev–Trinajstić information content (AvgIpc) is 2.64. The summed E-state index contributed by atoms with van der Waals surface area (Å²) in [4.78, 5) is 1.05. The highest BCUT2D eigenvalue weighted by Gasteiger charge is 2.31. The molecule has 0 radical (unpaired) electrons. The van der Waals surface area contributed by atoms with Crippen molar-refractivity contribution in [2.45, 2.75) is 28.2 Å². The lowest BCUT2D eigenvalue weighted by atomic mass is 9.86. The molecule has 4 nitrogen and oxygen atoms in total. The van der Waals surface area contributed by atoms with Gasteiger partial charge in [0, 0.05) is 23.4 Å². The Bertz CT molecular complexity index is 897. The second kappa shape index (κ2) is 9.34. The molecule has 2 unspecified atom stereocenters. The lowest BCUT2D eigenvalue weighted by molar-refractivity contribution is 0.376. The maximum Gasteiger partial charge on any atom is 0.240 e. The van der Waals surface area contributed by atoms with Gasteiger partial charge in [-0.2, -0.15) is 0 Å². The molecule has 2 N–H and O–H groups in total. The Balaban J connectivity index is 0.00000261. The number of hydrogen-bond donors (Lipinski definition) is 2. The first-order valence-corrected chi connectivity index (χ1v) is 10.9. The van der Waals surface area contributed by atoms with Crippen LogP contribution in [0.4, 0.5) is 8.78 Å². The van der Waals surface area contributed by atoms with Crippen molar-refractivity contribution in [1.82, 2.24) is 10.0 Å². The van der Waals surface area contributed by atoms with Crippen molar-refractivity contribution >= 4 is 34.2 Å². The van der Waals surface area contributed by atoms with Crippen LogP contribution in [-0.4, -0.2) is 33.8 Å². The van der Waals surface area contributed by atoms with Gasteiger partial charge in [-0.25, -0.2) is 21.9 Å². The smallest absolute Gasteiger partial charge is 0.240 e. The Morgan fingerprint density at radius 2 is 1.93 bits per heavy atom. The van der Waals surface area contributed by atoms with Crippen LogP contribution < -0.4 is 10.0 Å². The summed E-state index contributed by atoms with van der Waals surface area (Å²) in [6.07, 6.45) is 2.51. The van der Waals surface area contributed by atoms with Crippen LogP contribution in [0, 0.1) is 11.6 Å². The molecule has 2 aromatic rings. The van der Waals surface area contributed by atoms with Crippen molar-refractivity contribution in [1.29, 1.82) is 0 Å². The van der Waals surface area contributed by atoms with Gasteiger partial charge in [0.15, 0.2) is 11.6 Å². The normalized spacial score (nSPS) is 20.1. The van der Waals surface area contributed by atoms with Crippen molar-refractivity contribution in [3.63, 3.8) is 0 Å². The molecule has 2 aromatic carbocycles. The molecule has 0 aromatic heterocycles. The van der Waals surface area contributed by atoms with E-state index in [1.807, 2.05) is 12.3 Å². The molecular weight excluding hydrogens is 414 g/mol. The number of thioether (sulfide) groups is 1. The van der Waals surface area contributed by atoms with Crippen LogP contribution in [0.25, 0.3) is 0 Å². The van der Waals surface area contributed by atoms with Crippen molar-refractivity contribution in [2.75, 3.05) is 19.3 Å². The zero-order chi connectivity index (χ0) is 18.7. The highest BCUT2D eigenvalue weighted by Crippen LogP contribution is 2.28. The Labute approximate surface area is 168 Å². The molecule has 1 aliphatic rings. The summed E-state index contributed by atoms with van der Waals surface area (Å²) >= 11 is 1.46. The fourth-order valence-corrected chi connectivity index (χ4v) is 5.02. The second-order valence-electron chi connectivity index (χ2n) is 6.18. The summed E-state index contributed by atoms with van der Waals surface area (Å²) in [6, 6.07) is 10.0. The van der Waals surface area contributed by atoms with Gasteiger partial charge in [0.25, 0.3) is 0 Å². The van der Waals surface area contributed by atoms with E-state index in [0.717, 1.165) is 17.0 Å². The zero-order valence-electron chi connectivity index (χ0n) is 14.6. The molecule has 9 heteroatoms. The van der Waals surface area contributed by atoms with E-state index in [1.54, 1.807) is 18.2 Å². The molecule has 3 rings (SSSR count). The summed E-state index contributed by atoms with van der Waals surface area (Å²) in [5.41, 5.74) is 0.593. The maximum absolute atomic E-state index is 13.6. The molecule has 1 aliphatic heterocycles. The molecule has 27 heavy (non-hydrogen) atoms. The summed E-state index contributed by atoms with van der Waals surface area (Å²) in [5.74, 6) is -2.06. The van der Waals surface area contributed by atoms with Crippen molar-refractivity contribution in [3.8, 4) is 0 Å². The number of sulfonamides is 1. The number of rotatable bonds is 5. The minimum Gasteiger partial charge on any atom is -0.315 e. The third-order valence-corrected chi connectivity index (χ3v) is 6.72. The highest BCUT2D eigenvalue weighted by molar-refractivity contribution is 7.98. The SMILES string of the molecule is CSc1cccc(S(=O)(=O)NC2CNCCC2c2ccc(F)c(F)c2)c1.Cl. The predicted octanol–water partition coefficient (Wildman–Crippen LogP) is 3.53. The molecule has 0 bridgehead atoms. The molecule has 0 aliphatic carbocycles. The molecule has 1 saturated heterocycles. The minimum absolute atomic E-state index is 0. The molecule has 1 fully saturated rings. The number of nitrogens with one attached hydrogen (secondary N) is 2. The van der Waals surface area contributed by atoms with Crippen molar-refractivity contribution < 1.29 is 17.2 Å². The lowest BCUT2D eigenvalue weighted by Gasteiger charge is -2.33. The number of hydrogen-bond acceptors (Lipinski definition) is 4. The predicted molar refractivity (Wildman–Crippen MR) is 106 cm³/mol. The molecule has 2 atom stereocenters. The summed E-state index contributed by atoms with van der Waals surface area (Å²) < 4.78 is 55.1. The van der Waals surface area contributed by atoms with Gasteiger partial charge in [-0.05, 0) is 55.1 Å². The van der Waals surface area contributed by atoms with Crippen molar-refractivity contribution in [3.05, 3.63) is 59.7 Å². The van der Waals surface area contributed by atoms with E-state index in [2.05, 4.69) is 10.0 Å². The molecule has 0 amide bonds. The van der Waals surface area contributed by atoms with E-state index >= 15 is 0 Å². The van der Waals surface area contributed by atoms with Gasteiger partial charge in [-0.1, -0.05) is 12.1 Å². The third kappa shape index (κ3) is 5.20. The van der Waals surface area contributed by atoms with Crippen LogP contribution in [0.15, 0.2) is 52.3 Å². The molecular formula is C18H21ClF2N2O2S2. The van der Waals surface area contributed by atoms with Crippen LogP contribution in [0.3, 0.4) is 0 Å². The highest BCUT2D eigenvalue weighted by atomic mass is 35.5. The Morgan fingerprint density at radius 1 is 1.15 bits per heavy atom. The van der Waals surface area contributed by atoms with E-state index in [4.69, 9.17) is 0 Å². The fraction of sp³-hybridized carbons (Fsp3) is 0.333. The van der Waals surface area contributed by atoms with E-state index in [1.165, 1.54) is 17.8 Å². The first-order valence-electron chi connectivity index (χ1n) is 8.23. The zero-order valence-corrected chi connectivity index (χ0v) is 17.1. The van der Waals surface area contributed by atoms with Crippen molar-refractivity contribution in [2.24, 2.45) is 0 Å². The molecule has 0 spiro atoms. The van der Waals surface area contributed by atoms with Crippen LogP contribution in [0.1, 0.15) is 17.9 Å². The van der Waals surface area contributed by atoms with Gasteiger partial charge >= 0.3 is 0 Å². The van der Waals surface area contributed by atoms with Crippen LogP contribution >= 0.6 is 24.2 Å². The molecule has 148 valence electrons. The quantitative estimate of drug-likeness (QED) is 0.707. The first-order chi connectivity index (χ1) is 12.4. The number of piperidine rings is 1. The van der Waals surface area contributed by atoms with E-state index in [-0.39, 0.29) is 23.2 Å². The van der Waals surface area contributed by atoms with Gasteiger partial charge in [0.1, 0.15) is 0 Å². The van der Waals surface area contributed by atoms with Gasteiger partial charge in [-0.3, -0.25) is 0 Å². The minimum atomic E-state index is -3.72. The monoisotopic (exact) mass is 434 g/mol. The topological polar surface area (TPSA) is 58.2 Å². The van der Waals surface area contributed by atoms with Crippen LogP contribution in [0.5, 0.6) is 0 Å². The van der Waals surface area contributed by atoms with Crippen LogP contribution in [-0.2, 0) is 10.0 Å². The summed E-state index contributed by atoms with van der Waals surface area (Å²) in [7, 11) is -3.72. The Kier molecular flexibility index (Phi) is 7.64. The number of benzene rings is 2. The second-order valence-corrected chi connectivity index (χ2v) is 8.77. The number of halogens is 3. The van der Waals surface area contributed by atoms with E-state index in [0.29, 0.717) is 25.1 Å². The summed E-state index contributed by atoms with van der Waals surface area (Å²) in [6.45, 7) is 1.11. The fourth-order valence-electron chi connectivity index (χ4n) is 3.16. The lowest BCUT2D eigenvalue weighted by Crippen LogP contribution is -2.49. The standard InChI is InChI=1S/C18H20F2N2O2S2.ClH/c1-25-13-3-2-4-14(10-13)26(23,24)22-18-11-21-8-7-15(18)12-5-6-16(19)17(20)9-12;/h2-6,9-10,15,18,21-22H,7-8,11H2,1H3;1H. The first kappa shape index (κ1) is 22.1. The van der Waals surface area contributed by atoms with E-state index in [9.17, 15) is 17.2 Å². The van der Waals surface area contributed by atoms with Gasteiger partial charge < -0.3 is 5.32 Å². The molecule has 1 heterocycles. The van der Waals surface area contributed by atoms with Gasteiger partial charge in [0.2, 0.25) is 10.0 Å². The summed E-state index contributed by atoms with van der Waals surface area (Å²) in [5, 5.41) is 3.16. The Morgan fingerprint density at radius 3 is 2.63 bits per heavy atom. The molecule has 0 saturated carbocycles. The van der Waals surface area contributed by atoms with Gasteiger partial charge in [0.05, 0.1) is 4.90 Å². The van der Waals surface area contributed by atoms with Crippen LogP contribution in [0.2, 0.25) is 0 Å². The maximum atomic E-state index is 13.6. The van der Waals surface area contributed by atoms with E-state index < -0.39 is 27.7 Å². The van der Waals surface area contributed by atoms with Gasteiger partial charge in [-0.15, -0.1) is 24.2 Å². The Hall–Kier alpha value is -1.19.